The predicted molar refractivity (Wildman–Crippen MR) is 67.0 cm³/mol. The van der Waals surface area contributed by atoms with Crippen molar-refractivity contribution in [2.45, 2.75) is 59.7 Å². The summed E-state index contributed by atoms with van der Waals surface area (Å²) < 4.78 is 0. The minimum Gasteiger partial charge on any atom is -0.326 e. The van der Waals surface area contributed by atoms with Crippen molar-refractivity contribution in [2.24, 2.45) is 11.8 Å². The SMILES string of the molecule is CCC(C)CN1C(=O)C(C(C)CC)NC1C. The average Bonchev–Trinajstić information content (AvgIpc) is 2.55. The van der Waals surface area contributed by atoms with Gasteiger partial charge in [0.05, 0.1) is 12.2 Å². The van der Waals surface area contributed by atoms with Gasteiger partial charge in [0.15, 0.2) is 0 Å². The lowest BCUT2D eigenvalue weighted by atomic mass is 9.99. The van der Waals surface area contributed by atoms with E-state index in [1.165, 1.54) is 0 Å². The summed E-state index contributed by atoms with van der Waals surface area (Å²) in [6.45, 7) is 11.6. The first kappa shape index (κ1) is 13.5. The molecule has 0 radical (unpaired) electrons. The number of carbonyl (C=O) groups excluding carboxylic acids is 1. The fourth-order valence-electron chi connectivity index (χ4n) is 2.15. The topological polar surface area (TPSA) is 32.3 Å². The number of hydrogen-bond acceptors (Lipinski definition) is 2. The van der Waals surface area contributed by atoms with Crippen molar-refractivity contribution in [3.8, 4) is 0 Å². The van der Waals surface area contributed by atoms with E-state index < -0.39 is 0 Å². The van der Waals surface area contributed by atoms with Crippen molar-refractivity contribution in [1.29, 1.82) is 0 Å². The number of nitrogens with zero attached hydrogens (tertiary/aromatic N) is 1. The van der Waals surface area contributed by atoms with Crippen LogP contribution in [0, 0.1) is 11.8 Å². The molecule has 1 saturated heterocycles. The highest BCUT2D eigenvalue weighted by molar-refractivity contribution is 5.84. The van der Waals surface area contributed by atoms with Gasteiger partial charge < -0.3 is 4.90 Å². The van der Waals surface area contributed by atoms with Crippen LogP contribution in [0.4, 0.5) is 0 Å². The zero-order valence-corrected chi connectivity index (χ0v) is 11.3. The van der Waals surface area contributed by atoms with E-state index in [9.17, 15) is 4.79 Å². The summed E-state index contributed by atoms with van der Waals surface area (Å²) in [5, 5.41) is 3.41. The van der Waals surface area contributed by atoms with E-state index in [1.54, 1.807) is 0 Å². The molecule has 1 amide bonds. The van der Waals surface area contributed by atoms with Gasteiger partial charge in [0.25, 0.3) is 0 Å². The maximum absolute atomic E-state index is 12.2. The highest BCUT2D eigenvalue weighted by atomic mass is 16.2. The highest BCUT2D eigenvalue weighted by Crippen LogP contribution is 2.20. The molecule has 0 aromatic rings. The molecule has 3 heteroatoms. The van der Waals surface area contributed by atoms with E-state index in [2.05, 4.69) is 39.9 Å². The monoisotopic (exact) mass is 226 g/mol. The summed E-state index contributed by atoms with van der Waals surface area (Å²) in [6, 6.07) is 0.0315. The molecule has 16 heavy (non-hydrogen) atoms. The Bertz CT molecular complexity index is 242. The van der Waals surface area contributed by atoms with Gasteiger partial charge in [-0.3, -0.25) is 10.1 Å². The van der Waals surface area contributed by atoms with Crippen molar-refractivity contribution in [3.05, 3.63) is 0 Å². The lowest BCUT2D eigenvalue weighted by molar-refractivity contribution is -0.131. The third kappa shape index (κ3) is 2.76. The summed E-state index contributed by atoms with van der Waals surface area (Å²) in [7, 11) is 0. The first-order valence-corrected chi connectivity index (χ1v) is 6.57. The largest absolute Gasteiger partial charge is 0.326 e. The van der Waals surface area contributed by atoms with Gasteiger partial charge in [-0.2, -0.15) is 0 Å². The van der Waals surface area contributed by atoms with Gasteiger partial charge in [0.2, 0.25) is 5.91 Å². The van der Waals surface area contributed by atoms with Crippen molar-refractivity contribution >= 4 is 5.91 Å². The summed E-state index contributed by atoms with van der Waals surface area (Å²) >= 11 is 0. The average molecular weight is 226 g/mol. The molecule has 0 aliphatic carbocycles. The first-order chi connectivity index (χ1) is 7.51. The molecule has 0 aromatic carbocycles. The van der Waals surface area contributed by atoms with Gasteiger partial charge in [-0.15, -0.1) is 0 Å². The Balaban J connectivity index is 2.63. The Morgan fingerprint density at radius 3 is 2.44 bits per heavy atom. The Hall–Kier alpha value is -0.570. The molecular formula is C13H26N2O. The Morgan fingerprint density at radius 2 is 1.94 bits per heavy atom. The zero-order valence-electron chi connectivity index (χ0n) is 11.3. The number of hydrogen-bond donors (Lipinski definition) is 1. The number of rotatable bonds is 5. The normalized spacial score (nSPS) is 29.6. The van der Waals surface area contributed by atoms with Crippen LogP contribution in [0.15, 0.2) is 0 Å². The minimum absolute atomic E-state index is 0.0315. The molecular weight excluding hydrogens is 200 g/mol. The molecule has 1 N–H and O–H groups in total. The molecule has 4 unspecified atom stereocenters. The molecule has 1 aliphatic rings. The minimum atomic E-state index is 0.0315. The van der Waals surface area contributed by atoms with Gasteiger partial charge >= 0.3 is 0 Å². The molecule has 1 aliphatic heterocycles. The molecule has 0 saturated carbocycles. The van der Waals surface area contributed by atoms with Gasteiger partial charge in [0.1, 0.15) is 0 Å². The third-order valence-corrected chi connectivity index (χ3v) is 3.86. The van der Waals surface area contributed by atoms with Crippen LogP contribution < -0.4 is 5.32 Å². The molecule has 4 atom stereocenters. The lowest BCUT2D eigenvalue weighted by Crippen LogP contribution is -2.37. The molecule has 1 heterocycles. The Kier molecular flexibility index (Phi) is 4.78. The van der Waals surface area contributed by atoms with Crippen LogP contribution in [0.1, 0.15) is 47.5 Å². The van der Waals surface area contributed by atoms with Crippen LogP contribution >= 0.6 is 0 Å². The van der Waals surface area contributed by atoms with Crippen molar-refractivity contribution < 1.29 is 4.79 Å². The molecule has 0 bridgehead atoms. The lowest BCUT2D eigenvalue weighted by Gasteiger charge is -2.24. The predicted octanol–water partition coefficient (Wildman–Crippen LogP) is 2.22. The maximum Gasteiger partial charge on any atom is 0.241 e. The molecule has 0 aromatic heterocycles. The smallest absolute Gasteiger partial charge is 0.241 e. The fourth-order valence-corrected chi connectivity index (χ4v) is 2.15. The van der Waals surface area contributed by atoms with Crippen LogP contribution in [-0.2, 0) is 4.79 Å². The van der Waals surface area contributed by atoms with E-state index in [-0.39, 0.29) is 12.2 Å². The number of nitrogens with one attached hydrogen (secondary N) is 1. The Morgan fingerprint density at radius 1 is 1.31 bits per heavy atom. The van der Waals surface area contributed by atoms with Crippen molar-refractivity contribution in [3.63, 3.8) is 0 Å². The van der Waals surface area contributed by atoms with E-state index in [4.69, 9.17) is 0 Å². The molecule has 94 valence electrons. The van der Waals surface area contributed by atoms with E-state index in [0.29, 0.717) is 17.7 Å². The van der Waals surface area contributed by atoms with E-state index in [0.717, 1.165) is 19.4 Å². The fraction of sp³-hybridized carbons (Fsp3) is 0.923. The number of carbonyl (C=O) groups is 1. The second-order valence-corrected chi connectivity index (χ2v) is 5.21. The van der Waals surface area contributed by atoms with Gasteiger partial charge in [0, 0.05) is 6.54 Å². The second kappa shape index (κ2) is 5.67. The van der Waals surface area contributed by atoms with Crippen LogP contribution in [-0.4, -0.2) is 29.6 Å². The van der Waals surface area contributed by atoms with E-state index in [1.807, 2.05) is 4.90 Å². The zero-order chi connectivity index (χ0) is 12.3. The summed E-state index contributed by atoms with van der Waals surface area (Å²) in [5.74, 6) is 1.31. The molecule has 1 fully saturated rings. The number of amides is 1. The summed E-state index contributed by atoms with van der Waals surface area (Å²) in [5.41, 5.74) is 0. The first-order valence-electron chi connectivity index (χ1n) is 6.57. The summed E-state index contributed by atoms with van der Waals surface area (Å²) in [6.07, 6.45) is 2.37. The van der Waals surface area contributed by atoms with E-state index >= 15 is 0 Å². The van der Waals surface area contributed by atoms with Crippen LogP contribution in [0.2, 0.25) is 0 Å². The molecule has 0 spiro atoms. The maximum atomic E-state index is 12.2. The van der Waals surface area contributed by atoms with Crippen LogP contribution in [0.5, 0.6) is 0 Å². The van der Waals surface area contributed by atoms with Crippen LogP contribution in [0.3, 0.4) is 0 Å². The van der Waals surface area contributed by atoms with Crippen molar-refractivity contribution in [1.82, 2.24) is 10.2 Å². The standard InChI is InChI=1S/C13H26N2O/c1-6-9(3)8-15-11(5)14-12(13(15)16)10(4)7-2/h9-12,14H,6-8H2,1-5H3. The third-order valence-electron chi connectivity index (χ3n) is 3.86. The molecule has 1 rings (SSSR count). The van der Waals surface area contributed by atoms with Gasteiger partial charge in [-0.05, 0) is 18.8 Å². The van der Waals surface area contributed by atoms with Gasteiger partial charge in [-0.25, -0.2) is 0 Å². The van der Waals surface area contributed by atoms with Crippen molar-refractivity contribution in [2.75, 3.05) is 6.54 Å². The summed E-state index contributed by atoms with van der Waals surface area (Å²) in [4.78, 5) is 14.2. The van der Waals surface area contributed by atoms with Crippen LogP contribution in [0.25, 0.3) is 0 Å². The molecule has 3 nitrogen and oxygen atoms in total. The van der Waals surface area contributed by atoms with Gasteiger partial charge in [-0.1, -0.05) is 40.5 Å². The quantitative estimate of drug-likeness (QED) is 0.779. The second-order valence-electron chi connectivity index (χ2n) is 5.21. The Labute approximate surface area is 99.6 Å². The highest BCUT2D eigenvalue weighted by Gasteiger charge is 2.38.